The highest BCUT2D eigenvalue weighted by molar-refractivity contribution is 4.98. The second kappa shape index (κ2) is 4.48. The van der Waals surface area contributed by atoms with Crippen molar-refractivity contribution in [3.05, 3.63) is 40.6 Å². The predicted octanol–water partition coefficient (Wildman–Crippen LogP) is 0.772. The fraction of sp³-hybridized carbons (Fsp3) is 0.455. The molecule has 6 nitrogen and oxygen atoms in total. The summed E-state index contributed by atoms with van der Waals surface area (Å²) in [6.45, 7) is 6.23. The van der Waals surface area contributed by atoms with Gasteiger partial charge in [-0.1, -0.05) is 0 Å². The maximum absolute atomic E-state index is 11.6. The number of aryl methyl sites for hydroxylation is 1. The molecule has 0 bridgehead atoms. The Balaban J connectivity index is 2.32. The molecule has 2 aromatic rings. The fourth-order valence-electron chi connectivity index (χ4n) is 1.61. The predicted molar refractivity (Wildman–Crippen MR) is 62.7 cm³/mol. The first kappa shape index (κ1) is 11.5. The maximum Gasteiger partial charge on any atom is 0.348 e. The van der Waals surface area contributed by atoms with Gasteiger partial charge in [0.15, 0.2) is 0 Å². The van der Waals surface area contributed by atoms with E-state index >= 15 is 0 Å². The molecule has 0 aliphatic carbocycles. The Labute approximate surface area is 99.0 Å². The molecule has 0 fully saturated rings. The molecule has 17 heavy (non-hydrogen) atoms. The van der Waals surface area contributed by atoms with Crippen molar-refractivity contribution in [2.75, 3.05) is 0 Å². The van der Waals surface area contributed by atoms with Gasteiger partial charge in [-0.15, -0.1) is 0 Å². The monoisotopic (exact) mass is 233 g/mol. The molecule has 0 saturated heterocycles. The van der Waals surface area contributed by atoms with Crippen LogP contribution in [0.5, 0.6) is 0 Å². The van der Waals surface area contributed by atoms with Gasteiger partial charge in [-0.05, 0) is 26.8 Å². The van der Waals surface area contributed by atoms with E-state index in [0.717, 1.165) is 11.5 Å². The van der Waals surface area contributed by atoms with E-state index in [2.05, 4.69) is 15.1 Å². The van der Waals surface area contributed by atoms with E-state index in [1.807, 2.05) is 13.8 Å². The molecule has 0 aliphatic heterocycles. The normalized spacial score (nSPS) is 11.1. The molecule has 0 saturated carbocycles. The first-order chi connectivity index (χ1) is 8.08. The number of aromatic nitrogens is 5. The molecule has 0 amide bonds. The summed E-state index contributed by atoms with van der Waals surface area (Å²) in [5.74, 6) is 0.757. The van der Waals surface area contributed by atoms with Gasteiger partial charge in [-0.3, -0.25) is 4.57 Å². The van der Waals surface area contributed by atoms with Crippen molar-refractivity contribution in [2.45, 2.75) is 33.4 Å². The van der Waals surface area contributed by atoms with Crippen LogP contribution in [-0.4, -0.2) is 24.3 Å². The summed E-state index contributed by atoms with van der Waals surface area (Å²) in [6.07, 6.45) is 3.23. The first-order valence-electron chi connectivity index (χ1n) is 5.50. The van der Waals surface area contributed by atoms with E-state index in [4.69, 9.17) is 0 Å². The van der Waals surface area contributed by atoms with E-state index < -0.39 is 0 Å². The maximum atomic E-state index is 11.6. The van der Waals surface area contributed by atoms with Crippen LogP contribution in [0.15, 0.2) is 23.4 Å². The highest BCUT2D eigenvalue weighted by Gasteiger charge is 2.09. The SMILES string of the molecule is Cc1ccn(Cc2ncnn2C(C)C)c(=O)n1. The van der Waals surface area contributed by atoms with Gasteiger partial charge >= 0.3 is 5.69 Å². The lowest BCUT2D eigenvalue weighted by atomic mass is 10.4. The number of nitrogens with zero attached hydrogens (tertiary/aromatic N) is 5. The van der Waals surface area contributed by atoms with Gasteiger partial charge in [0.1, 0.15) is 12.2 Å². The number of hydrogen-bond donors (Lipinski definition) is 0. The lowest BCUT2D eigenvalue weighted by Crippen LogP contribution is -2.25. The zero-order valence-corrected chi connectivity index (χ0v) is 10.2. The minimum absolute atomic E-state index is 0.224. The molecule has 2 heterocycles. The highest BCUT2D eigenvalue weighted by Crippen LogP contribution is 2.05. The Morgan fingerprint density at radius 1 is 1.41 bits per heavy atom. The van der Waals surface area contributed by atoms with Crippen molar-refractivity contribution in [3.63, 3.8) is 0 Å². The van der Waals surface area contributed by atoms with Gasteiger partial charge in [0.2, 0.25) is 0 Å². The molecule has 0 spiro atoms. The summed E-state index contributed by atoms with van der Waals surface area (Å²) in [5.41, 5.74) is 0.458. The smallest absolute Gasteiger partial charge is 0.292 e. The van der Waals surface area contributed by atoms with Crippen LogP contribution in [0.4, 0.5) is 0 Å². The van der Waals surface area contributed by atoms with E-state index in [1.165, 1.54) is 10.9 Å². The molecule has 6 heteroatoms. The molecule has 0 atom stereocenters. The standard InChI is InChI=1S/C11H15N5O/c1-8(2)16-10(12-7-13-16)6-15-5-4-9(3)14-11(15)17/h4-5,7-8H,6H2,1-3H3. The van der Waals surface area contributed by atoms with Crippen LogP contribution in [0, 0.1) is 6.92 Å². The Hall–Kier alpha value is -1.98. The molecule has 0 N–H and O–H groups in total. The van der Waals surface area contributed by atoms with E-state index in [9.17, 15) is 4.79 Å². The van der Waals surface area contributed by atoms with Crippen molar-refractivity contribution >= 4 is 0 Å². The third kappa shape index (κ3) is 2.41. The zero-order chi connectivity index (χ0) is 12.4. The van der Waals surface area contributed by atoms with Gasteiger partial charge < -0.3 is 0 Å². The lowest BCUT2D eigenvalue weighted by molar-refractivity contribution is 0.492. The van der Waals surface area contributed by atoms with Crippen molar-refractivity contribution in [1.29, 1.82) is 0 Å². The minimum atomic E-state index is -0.261. The second-order valence-electron chi connectivity index (χ2n) is 4.19. The Bertz CT molecular complexity index is 569. The Morgan fingerprint density at radius 2 is 2.18 bits per heavy atom. The van der Waals surface area contributed by atoms with Gasteiger partial charge in [0.25, 0.3) is 0 Å². The summed E-state index contributed by atoms with van der Waals surface area (Å²) in [4.78, 5) is 19.7. The van der Waals surface area contributed by atoms with Crippen LogP contribution in [0.25, 0.3) is 0 Å². The van der Waals surface area contributed by atoms with Crippen molar-refractivity contribution in [2.24, 2.45) is 0 Å². The van der Waals surface area contributed by atoms with Crippen molar-refractivity contribution < 1.29 is 0 Å². The molecule has 0 aliphatic rings. The molecule has 2 rings (SSSR count). The van der Waals surface area contributed by atoms with Gasteiger partial charge in [0.05, 0.1) is 6.54 Å². The molecular formula is C11H15N5O. The van der Waals surface area contributed by atoms with Crippen molar-refractivity contribution in [3.8, 4) is 0 Å². The lowest BCUT2D eigenvalue weighted by Gasteiger charge is -2.10. The molecule has 0 aromatic carbocycles. The van der Waals surface area contributed by atoms with Crippen LogP contribution in [0.1, 0.15) is 31.4 Å². The van der Waals surface area contributed by atoms with Crippen LogP contribution in [0.3, 0.4) is 0 Å². The highest BCUT2D eigenvalue weighted by atomic mass is 16.1. The third-order valence-electron chi connectivity index (χ3n) is 2.46. The molecular weight excluding hydrogens is 218 g/mol. The van der Waals surface area contributed by atoms with E-state index in [0.29, 0.717) is 6.54 Å². The second-order valence-corrected chi connectivity index (χ2v) is 4.19. The molecule has 0 unspecified atom stereocenters. The zero-order valence-electron chi connectivity index (χ0n) is 10.2. The largest absolute Gasteiger partial charge is 0.348 e. The van der Waals surface area contributed by atoms with E-state index in [-0.39, 0.29) is 11.7 Å². The fourth-order valence-corrected chi connectivity index (χ4v) is 1.61. The average molecular weight is 233 g/mol. The van der Waals surface area contributed by atoms with Gasteiger partial charge in [-0.2, -0.15) is 10.1 Å². The van der Waals surface area contributed by atoms with E-state index in [1.54, 1.807) is 23.9 Å². The van der Waals surface area contributed by atoms with Crippen LogP contribution < -0.4 is 5.69 Å². The van der Waals surface area contributed by atoms with Crippen molar-refractivity contribution in [1.82, 2.24) is 24.3 Å². The minimum Gasteiger partial charge on any atom is -0.292 e. The summed E-state index contributed by atoms with van der Waals surface area (Å²) in [7, 11) is 0. The van der Waals surface area contributed by atoms with Gasteiger partial charge in [0, 0.05) is 17.9 Å². The Kier molecular flexibility index (Phi) is 3.03. The van der Waals surface area contributed by atoms with Crippen LogP contribution >= 0.6 is 0 Å². The van der Waals surface area contributed by atoms with Crippen LogP contribution in [-0.2, 0) is 6.54 Å². The quantitative estimate of drug-likeness (QED) is 0.785. The third-order valence-corrected chi connectivity index (χ3v) is 2.46. The summed E-state index contributed by atoms with van der Waals surface area (Å²) >= 11 is 0. The summed E-state index contributed by atoms with van der Waals surface area (Å²) < 4.78 is 3.32. The van der Waals surface area contributed by atoms with Gasteiger partial charge in [-0.25, -0.2) is 14.5 Å². The molecule has 90 valence electrons. The summed E-state index contributed by atoms with van der Waals surface area (Å²) in [5, 5.41) is 4.13. The molecule has 0 radical (unpaired) electrons. The Morgan fingerprint density at radius 3 is 2.82 bits per heavy atom. The topological polar surface area (TPSA) is 65.6 Å². The van der Waals surface area contributed by atoms with Crippen LogP contribution in [0.2, 0.25) is 0 Å². The first-order valence-corrected chi connectivity index (χ1v) is 5.50. The molecule has 2 aromatic heterocycles. The number of hydrogen-bond acceptors (Lipinski definition) is 4. The number of rotatable bonds is 3. The average Bonchev–Trinajstić information content (AvgIpc) is 2.70. The summed E-state index contributed by atoms with van der Waals surface area (Å²) in [6, 6.07) is 2.03.